The van der Waals surface area contributed by atoms with E-state index in [1.54, 1.807) is 0 Å². The highest BCUT2D eigenvalue weighted by molar-refractivity contribution is 6.11. The normalized spacial score (nSPS) is 13.8. The first-order valence-electron chi connectivity index (χ1n) is 21.6. The molecule has 0 unspecified atom stereocenters. The minimum Gasteiger partial charge on any atom is -0.454 e. The number of fused-ring (bicyclic) bond motifs is 7. The molecule has 61 heavy (non-hydrogen) atoms. The Morgan fingerprint density at radius 2 is 1.02 bits per heavy atom. The van der Waals surface area contributed by atoms with E-state index < -0.39 is 5.41 Å². The Balaban J connectivity index is 1.16. The molecule has 2 aliphatic rings. The predicted octanol–water partition coefficient (Wildman–Crippen LogP) is 15.6. The van der Waals surface area contributed by atoms with Crippen molar-refractivity contribution in [2.24, 2.45) is 0 Å². The van der Waals surface area contributed by atoms with Gasteiger partial charge < -0.3 is 9.32 Å². The molecule has 1 heterocycles. The van der Waals surface area contributed by atoms with Crippen LogP contribution in [0.15, 0.2) is 217 Å². The molecule has 2 aliphatic carbocycles. The first-order valence-corrected chi connectivity index (χ1v) is 21.6. The summed E-state index contributed by atoms with van der Waals surface area (Å²) in [5.41, 5.74) is 19.7. The van der Waals surface area contributed by atoms with Crippen LogP contribution in [-0.4, -0.2) is 0 Å². The average Bonchev–Trinajstić information content (AvgIpc) is 3.86. The summed E-state index contributed by atoms with van der Waals surface area (Å²) in [6, 6.07) is 78.3. The first kappa shape index (κ1) is 35.5. The van der Waals surface area contributed by atoms with Crippen molar-refractivity contribution >= 4 is 39.0 Å². The summed E-state index contributed by atoms with van der Waals surface area (Å²) in [6.45, 7) is 0. The van der Waals surface area contributed by atoms with Crippen molar-refractivity contribution in [3.8, 4) is 33.4 Å². The molecule has 0 fully saturated rings. The van der Waals surface area contributed by atoms with Crippen LogP contribution >= 0.6 is 0 Å². The molecule has 9 aromatic carbocycles. The Kier molecular flexibility index (Phi) is 8.38. The summed E-state index contributed by atoms with van der Waals surface area (Å²) < 4.78 is 6.84. The van der Waals surface area contributed by atoms with Gasteiger partial charge in [0, 0.05) is 22.0 Å². The van der Waals surface area contributed by atoms with Crippen LogP contribution in [0.2, 0.25) is 0 Å². The summed E-state index contributed by atoms with van der Waals surface area (Å²) in [7, 11) is 0. The number of hydrogen-bond acceptors (Lipinski definition) is 2. The molecule has 2 nitrogen and oxygen atoms in total. The quantitative estimate of drug-likeness (QED) is 0.160. The Hall–Kier alpha value is -7.42. The van der Waals surface area contributed by atoms with Gasteiger partial charge in [-0.15, -0.1) is 0 Å². The number of anilines is 3. The molecular weight excluding hydrogens is 739 g/mol. The monoisotopic (exact) mass is 781 g/mol. The smallest absolute Gasteiger partial charge is 0.159 e. The Bertz CT molecular complexity index is 3200. The van der Waals surface area contributed by atoms with E-state index in [0.717, 1.165) is 50.1 Å². The Morgan fingerprint density at radius 3 is 1.79 bits per heavy atom. The number of hydrogen-bond donors (Lipinski definition) is 0. The summed E-state index contributed by atoms with van der Waals surface area (Å²) in [5, 5.41) is 2.21. The van der Waals surface area contributed by atoms with Gasteiger partial charge in [-0.05, 0) is 123 Å². The standard InChI is InChI=1S/C59H43NO/c1-4-19-45(20-5-1)59(46-21-6-2-7-22-46)53-28-14-12-25-48(53)52-38-51(42-34-31-41(32-35-42)44-36-33-40-17-10-11-18-43(40)37-44)56(39-54(52)59)60(47-23-8-3-9-24-47)55-29-16-27-50-49-26-13-15-30-57(49)61-58(50)55/h1-9,12-16,19-39H,10-11,17-18H2. The summed E-state index contributed by atoms with van der Waals surface area (Å²) in [5.74, 6) is 0. The van der Waals surface area contributed by atoms with Crippen LogP contribution in [0.1, 0.15) is 46.2 Å². The maximum atomic E-state index is 6.84. The molecule has 0 bridgehead atoms. The van der Waals surface area contributed by atoms with Crippen molar-refractivity contribution in [3.05, 3.63) is 246 Å². The van der Waals surface area contributed by atoms with E-state index in [2.05, 4.69) is 217 Å². The average molecular weight is 782 g/mol. The molecule has 0 spiro atoms. The van der Waals surface area contributed by atoms with Crippen molar-refractivity contribution in [1.82, 2.24) is 0 Å². The molecule has 0 radical (unpaired) electrons. The third kappa shape index (κ3) is 5.63. The van der Waals surface area contributed by atoms with Gasteiger partial charge in [0.1, 0.15) is 5.58 Å². The van der Waals surface area contributed by atoms with Crippen LogP contribution in [0, 0.1) is 0 Å². The number of benzene rings is 9. The first-order chi connectivity index (χ1) is 30.3. The van der Waals surface area contributed by atoms with Crippen molar-refractivity contribution in [3.63, 3.8) is 0 Å². The molecule has 0 saturated heterocycles. The molecule has 1 aromatic heterocycles. The molecule has 0 amide bonds. The van der Waals surface area contributed by atoms with Gasteiger partial charge in [-0.25, -0.2) is 0 Å². The van der Waals surface area contributed by atoms with Crippen molar-refractivity contribution in [1.29, 1.82) is 0 Å². The highest BCUT2D eigenvalue weighted by atomic mass is 16.3. The number of para-hydroxylation sites is 3. The lowest BCUT2D eigenvalue weighted by atomic mass is 9.67. The van der Waals surface area contributed by atoms with Gasteiger partial charge in [0.05, 0.1) is 16.8 Å². The van der Waals surface area contributed by atoms with E-state index in [0.29, 0.717) is 0 Å². The van der Waals surface area contributed by atoms with Gasteiger partial charge in [0.2, 0.25) is 0 Å². The van der Waals surface area contributed by atoms with Gasteiger partial charge in [-0.3, -0.25) is 0 Å². The van der Waals surface area contributed by atoms with Crippen LogP contribution in [0.5, 0.6) is 0 Å². The van der Waals surface area contributed by atoms with Crippen molar-refractivity contribution in [2.45, 2.75) is 31.1 Å². The zero-order valence-corrected chi connectivity index (χ0v) is 33.9. The van der Waals surface area contributed by atoms with E-state index >= 15 is 0 Å². The molecule has 290 valence electrons. The van der Waals surface area contributed by atoms with Crippen LogP contribution < -0.4 is 4.90 Å². The molecule has 12 rings (SSSR count). The second-order valence-electron chi connectivity index (χ2n) is 16.6. The molecule has 0 N–H and O–H groups in total. The predicted molar refractivity (Wildman–Crippen MR) is 253 cm³/mol. The van der Waals surface area contributed by atoms with Gasteiger partial charge >= 0.3 is 0 Å². The number of aryl methyl sites for hydroxylation is 2. The SMILES string of the molecule is c1ccc(N(c2cc3c(cc2-c2ccc(-c4ccc5c(c4)CCCC5)cc2)-c2ccccc2C3(c2ccccc2)c2ccccc2)c2cccc3c2oc2ccccc23)cc1. The zero-order chi connectivity index (χ0) is 40.3. The van der Waals surface area contributed by atoms with Crippen molar-refractivity contribution in [2.75, 3.05) is 4.90 Å². The van der Waals surface area contributed by atoms with Gasteiger partial charge in [-0.2, -0.15) is 0 Å². The largest absolute Gasteiger partial charge is 0.454 e. The maximum absolute atomic E-state index is 6.84. The molecule has 2 heteroatoms. The van der Waals surface area contributed by atoms with Crippen LogP contribution in [0.3, 0.4) is 0 Å². The Morgan fingerprint density at radius 1 is 0.393 bits per heavy atom. The third-order valence-corrected chi connectivity index (χ3v) is 13.3. The minimum atomic E-state index is -0.564. The zero-order valence-electron chi connectivity index (χ0n) is 33.9. The lowest BCUT2D eigenvalue weighted by molar-refractivity contribution is 0.669. The second kappa shape index (κ2) is 14.4. The maximum Gasteiger partial charge on any atom is 0.159 e. The molecule has 0 aliphatic heterocycles. The number of nitrogens with zero attached hydrogens (tertiary/aromatic N) is 1. The highest BCUT2D eigenvalue weighted by Gasteiger charge is 2.47. The van der Waals surface area contributed by atoms with Crippen LogP contribution in [-0.2, 0) is 18.3 Å². The summed E-state index contributed by atoms with van der Waals surface area (Å²) in [6.07, 6.45) is 4.92. The molecule has 0 saturated carbocycles. The fraction of sp³-hybridized carbons (Fsp3) is 0.0847. The topological polar surface area (TPSA) is 16.4 Å². The number of rotatable bonds is 7. The summed E-state index contributed by atoms with van der Waals surface area (Å²) in [4.78, 5) is 2.43. The second-order valence-corrected chi connectivity index (χ2v) is 16.6. The number of furan rings is 1. The van der Waals surface area contributed by atoms with E-state index in [-0.39, 0.29) is 0 Å². The van der Waals surface area contributed by atoms with Crippen LogP contribution in [0.4, 0.5) is 17.1 Å². The molecule has 10 aromatic rings. The van der Waals surface area contributed by atoms with E-state index in [4.69, 9.17) is 4.42 Å². The molecule has 0 atom stereocenters. The fourth-order valence-corrected chi connectivity index (χ4v) is 10.5. The third-order valence-electron chi connectivity index (χ3n) is 13.3. The van der Waals surface area contributed by atoms with Gasteiger partial charge in [0.25, 0.3) is 0 Å². The highest BCUT2D eigenvalue weighted by Crippen LogP contribution is 2.59. The minimum absolute atomic E-state index is 0.564. The lowest BCUT2D eigenvalue weighted by Crippen LogP contribution is -2.28. The van der Waals surface area contributed by atoms with E-state index in [1.807, 2.05) is 0 Å². The van der Waals surface area contributed by atoms with Crippen LogP contribution in [0.25, 0.3) is 55.3 Å². The van der Waals surface area contributed by atoms with Gasteiger partial charge in [-0.1, -0.05) is 176 Å². The summed E-state index contributed by atoms with van der Waals surface area (Å²) >= 11 is 0. The molecular formula is C59H43NO. The Labute approximate surface area is 357 Å². The lowest BCUT2D eigenvalue weighted by Gasteiger charge is -2.35. The fourth-order valence-electron chi connectivity index (χ4n) is 10.5. The van der Waals surface area contributed by atoms with Crippen molar-refractivity contribution < 1.29 is 4.42 Å². The van der Waals surface area contributed by atoms with E-state index in [1.165, 1.54) is 81.3 Å². The van der Waals surface area contributed by atoms with E-state index in [9.17, 15) is 0 Å². The van der Waals surface area contributed by atoms with Gasteiger partial charge in [0.15, 0.2) is 5.58 Å².